The van der Waals surface area contributed by atoms with Crippen LogP contribution < -0.4 is 0 Å². The van der Waals surface area contributed by atoms with E-state index in [9.17, 15) is 4.39 Å². The minimum Gasteiger partial charge on any atom is -0.244 e. The summed E-state index contributed by atoms with van der Waals surface area (Å²) in [6, 6.07) is 5.19. The number of halogens is 2. The van der Waals surface area contributed by atoms with E-state index in [0.29, 0.717) is 16.5 Å². The third kappa shape index (κ3) is 2.17. The number of nitrogens with zero attached hydrogens (tertiary/aromatic N) is 1. The van der Waals surface area contributed by atoms with Gasteiger partial charge in [0.15, 0.2) is 0 Å². The first-order valence-corrected chi connectivity index (χ1v) is 5.68. The van der Waals surface area contributed by atoms with Gasteiger partial charge >= 0.3 is 0 Å². The first-order chi connectivity index (χ1) is 7.58. The Bertz CT molecular complexity index is 523. The molecule has 0 aliphatic carbocycles. The molecule has 84 valence electrons. The average molecular weight is 238 g/mol. The molecule has 16 heavy (non-hydrogen) atoms. The lowest BCUT2D eigenvalue weighted by Gasteiger charge is -2.08. The Morgan fingerprint density at radius 2 is 2.12 bits per heavy atom. The van der Waals surface area contributed by atoms with Gasteiger partial charge in [-0.25, -0.2) is 9.37 Å². The molecule has 0 bridgehead atoms. The quantitative estimate of drug-likeness (QED) is 0.713. The number of hydrogen-bond donors (Lipinski definition) is 0. The van der Waals surface area contributed by atoms with Crippen molar-refractivity contribution in [2.24, 2.45) is 5.92 Å². The number of benzene rings is 1. The fourth-order valence-electron chi connectivity index (χ4n) is 1.80. The van der Waals surface area contributed by atoms with Crippen molar-refractivity contribution in [1.29, 1.82) is 0 Å². The summed E-state index contributed by atoms with van der Waals surface area (Å²) >= 11 is 5.91. The van der Waals surface area contributed by atoms with Crippen LogP contribution in [-0.2, 0) is 6.42 Å². The Morgan fingerprint density at radius 1 is 1.38 bits per heavy atom. The molecule has 0 radical (unpaired) electrons. The Morgan fingerprint density at radius 3 is 2.81 bits per heavy atom. The second-order valence-electron chi connectivity index (χ2n) is 4.36. The molecule has 0 amide bonds. The molecule has 2 rings (SSSR count). The zero-order valence-corrected chi connectivity index (χ0v) is 10.1. The van der Waals surface area contributed by atoms with Crippen molar-refractivity contribution in [2.75, 3.05) is 0 Å². The summed E-state index contributed by atoms with van der Waals surface area (Å²) in [4.78, 5) is 3.94. The third-order valence-corrected chi connectivity index (χ3v) is 2.81. The van der Waals surface area contributed by atoms with E-state index in [1.54, 1.807) is 6.20 Å². The van der Waals surface area contributed by atoms with Crippen LogP contribution in [0.4, 0.5) is 4.39 Å². The van der Waals surface area contributed by atoms with Gasteiger partial charge in [-0.2, -0.15) is 0 Å². The number of pyridine rings is 1. The minimum absolute atomic E-state index is 0.198. The maximum atomic E-state index is 13.8. The Hall–Kier alpha value is -1.15. The van der Waals surface area contributed by atoms with Crippen LogP contribution >= 0.6 is 11.6 Å². The fourth-order valence-corrected chi connectivity index (χ4v) is 2.02. The molecule has 2 aromatic rings. The van der Waals surface area contributed by atoms with Crippen molar-refractivity contribution in [2.45, 2.75) is 20.3 Å². The summed E-state index contributed by atoms with van der Waals surface area (Å²) in [5.74, 6) is 0.236. The fraction of sp³-hybridized carbons (Fsp3) is 0.308. The van der Waals surface area contributed by atoms with Crippen LogP contribution in [0.1, 0.15) is 19.4 Å². The van der Waals surface area contributed by atoms with Crippen molar-refractivity contribution >= 4 is 22.4 Å². The molecule has 0 saturated heterocycles. The van der Waals surface area contributed by atoms with Crippen LogP contribution in [0.5, 0.6) is 0 Å². The van der Waals surface area contributed by atoms with E-state index in [1.165, 1.54) is 6.07 Å². The van der Waals surface area contributed by atoms with Gasteiger partial charge in [-0.15, -0.1) is 0 Å². The number of aromatic nitrogens is 1. The van der Waals surface area contributed by atoms with Crippen LogP contribution in [0.3, 0.4) is 0 Å². The minimum atomic E-state index is -0.198. The van der Waals surface area contributed by atoms with Gasteiger partial charge in [0.2, 0.25) is 0 Å². The van der Waals surface area contributed by atoms with Crippen LogP contribution in [0.2, 0.25) is 5.15 Å². The summed E-state index contributed by atoms with van der Waals surface area (Å²) in [5, 5.41) is 1.97. The van der Waals surface area contributed by atoms with Gasteiger partial charge in [-0.05, 0) is 41.5 Å². The highest BCUT2D eigenvalue weighted by molar-refractivity contribution is 6.34. The normalized spacial score (nSPS) is 11.3. The molecule has 0 unspecified atom stereocenters. The van der Waals surface area contributed by atoms with E-state index in [1.807, 2.05) is 12.1 Å². The second-order valence-corrected chi connectivity index (χ2v) is 4.72. The van der Waals surface area contributed by atoms with Crippen molar-refractivity contribution in [3.05, 3.63) is 40.9 Å². The molecule has 0 fully saturated rings. The van der Waals surface area contributed by atoms with E-state index in [-0.39, 0.29) is 5.82 Å². The molecular weight excluding hydrogens is 225 g/mol. The van der Waals surface area contributed by atoms with Crippen molar-refractivity contribution in [1.82, 2.24) is 4.98 Å². The zero-order chi connectivity index (χ0) is 11.7. The molecule has 1 heterocycles. The predicted octanol–water partition coefficient (Wildman–Crippen LogP) is 4.23. The Balaban J connectivity index is 2.58. The number of fused-ring (bicyclic) bond motifs is 1. The van der Waals surface area contributed by atoms with Gasteiger partial charge in [0, 0.05) is 11.6 Å². The van der Waals surface area contributed by atoms with Crippen LogP contribution in [0.15, 0.2) is 24.4 Å². The highest BCUT2D eigenvalue weighted by Gasteiger charge is 2.08. The maximum Gasteiger partial charge on any atom is 0.136 e. The van der Waals surface area contributed by atoms with Crippen LogP contribution in [0, 0.1) is 11.7 Å². The molecular formula is C13H13ClFN. The summed E-state index contributed by atoms with van der Waals surface area (Å²) < 4.78 is 13.8. The molecule has 1 aromatic heterocycles. The maximum absolute atomic E-state index is 13.8. The van der Waals surface area contributed by atoms with Crippen LogP contribution in [-0.4, -0.2) is 4.98 Å². The molecule has 0 aliphatic rings. The number of hydrogen-bond acceptors (Lipinski definition) is 1. The largest absolute Gasteiger partial charge is 0.244 e. The summed E-state index contributed by atoms with van der Waals surface area (Å²) in [6.45, 7) is 4.15. The van der Waals surface area contributed by atoms with Gasteiger partial charge in [0.25, 0.3) is 0 Å². The topological polar surface area (TPSA) is 12.9 Å². The summed E-state index contributed by atoms with van der Waals surface area (Å²) in [6.07, 6.45) is 2.38. The van der Waals surface area contributed by atoms with Crippen LogP contribution in [0.25, 0.3) is 10.8 Å². The molecule has 0 N–H and O–H groups in total. The first-order valence-electron chi connectivity index (χ1n) is 5.30. The summed E-state index contributed by atoms with van der Waals surface area (Å²) in [5.41, 5.74) is 0.741. The molecule has 3 heteroatoms. The van der Waals surface area contributed by atoms with Gasteiger partial charge < -0.3 is 0 Å². The van der Waals surface area contributed by atoms with Gasteiger partial charge in [0.1, 0.15) is 11.0 Å². The molecule has 0 saturated carbocycles. The zero-order valence-electron chi connectivity index (χ0n) is 9.30. The van der Waals surface area contributed by atoms with E-state index in [0.717, 1.165) is 17.4 Å². The van der Waals surface area contributed by atoms with E-state index in [4.69, 9.17) is 11.6 Å². The molecule has 0 atom stereocenters. The van der Waals surface area contributed by atoms with Crippen molar-refractivity contribution in [3.8, 4) is 0 Å². The van der Waals surface area contributed by atoms with Crippen molar-refractivity contribution in [3.63, 3.8) is 0 Å². The van der Waals surface area contributed by atoms with Crippen molar-refractivity contribution < 1.29 is 4.39 Å². The monoisotopic (exact) mass is 237 g/mol. The van der Waals surface area contributed by atoms with E-state index in [2.05, 4.69) is 18.8 Å². The lowest BCUT2D eigenvalue weighted by Crippen LogP contribution is -1.98. The molecule has 1 nitrogen and oxygen atoms in total. The summed E-state index contributed by atoms with van der Waals surface area (Å²) in [7, 11) is 0. The van der Waals surface area contributed by atoms with E-state index < -0.39 is 0 Å². The Kier molecular flexibility index (Phi) is 3.10. The number of rotatable bonds is 2. The van der Waals surface area contributed by atoms with E-state index >= 15 is 0 Å². The SMILES string of the molecule is CC(C)Cc1cc2ccnc(Cl)c2cc1F. The third-order valence-electron chi connectivity index (χ3n) is 2.51. The van der Waals surface area contributed by atoms with Gasteiger partial charge in [-0.3, -0.25) is 0 Å². The second kappa shape index (κ2) is 4.38. The smallest absolute Gasteiger partial charge is 0.136 e. The molecule has 0 aliphatic heterocycles. The lowest BCUT2D eigenvalue weighted by molar-refractivity contribution is 0.576. The molecule has 0 spiro atoms. The van der Waals surface area contributed by atoms with Gasteiger partial charge in [0.05, 0.1) is 0 Å². The average Bonchev–Trinajstić information content (AvgIpc) is 2.20. The first kappa shape index (κ1) is 11.3. The standard InChI is InChI=1S/C13H13ClFN/c1-8(2)5-10-6-9-3-4-16-13(14)11(9)7-12(10)15/h3-4,6-8H,5H2,1-2H3. The van der Waals surface area contributed by atoms with Gasteiger partial charge in [-0.1, -0.05) is 25.4 Å². The molecule has 1 aromatic carbocycles. The lowest BCUT2D eigenvalue weighted by atomic mass is 10.00. The highest BCUT2D eigenvalue weighted by Crippen LogP contribution is 2.25. The highest BCUT2D eigenvalue weighted by atomic mass is 35.5. The Labute approximate surface area is 99.3 Å². The predicted molar refractivity (Wildman–Crippen MR) is 65.3 cm³/mol.